The monoisotopic (exact) mass is 193 g/mol. The molecular weight excluding hydrogens is 186 g/mol. The summed E-state index contributed by atoms with van der Waals surface area (Å²) in [6, 6.07) is 7.74. The van der Waals surface area contributed by atoms with Crippen LogP contribution in [-0.2, 0) is 6.54 Å². The largest absolute Gasteiger partial charge is 0.239 e. The van der Waals surface area contributed by atoms with Crippen molar-refractivity contribution in [2.45, 2.75) is 6.54 Å². The number of hydrogen-bond donors (Lipinski definition) is 0. The number of benzene rings is 1. The van der Waals surface area contributed by atoms with Gasteiger partial charge in [0.05, 0.1) is 12.1 Å². The first kappa shape index (κ1) is 8.26. The normalized spacial score (nSPS) is 10.5. The van der Waals surface area contributed by atoms with Gasteiger partial charge in [0.1, 0.15) is 5.52 Å². The second-order valence-corrected chi connectivity index (χ2v) is 3.29. The first-order valence-corrected chi connectivity index (χ1v) is 4.26. The van der Waals surface area contributed by atoms with Crippen molar-refractivity contribution in [1.29, 1.82) is 0 Å². The Bertz CT molecular complexity index is 447. The molecule has 0 fully saturated rings. The van der Waals surface area contributed by atoms with Crippen LogP contribution in [-0.4, -0.2) is 15.0 Å². The molecular formula is C9H8ClN3. The predicted octanol–water partition coefficient (Wildman–Crippen LogP) is 2.18. The number of fused-ring (bicyclic) bond motifs is 1. The Balaban J connectivity index is 2.51. The molecule has 2 rings (SSSR count). The maximum atomic E-state index is 5.69. The molecule has 0 aliphatic carbocycles. The molecule has 13 heavy (non-hydrogen) atoms. The Morgan fingerprint density at radius 1 is 1.46 bits per heavy atom. The van der Waals surface area contributed by atoms with E-state index in [0.29, 0.717) is 11.6 Å². The van der Waals surface area contributed by atoms with Gasteiger partial charge in [0.25, 0.3) is 0 Å². The van der Waals surface area contributed by atoms with Crippen LogP contribution in [0.3, 0.4) is 0 Å². The lowest BCUT2D eigenvalue weighted by atomic mass is 10.3. The lowest BCUT2D eigenvalue weighted by molar-refractivity contribution is 0.677. The topological polar surface area (TPSA) is 30.7 Å². The summed E-state index contributed by atoms with van der Waals surface area (Å²) in [5.41, 5.74) is 1.85. The Labute approximate surface area is 80.6 Å². The van der Waals surface area contributed by atoms with Gasteiger partial charge in [-0.1, -0.05) is 35.5 Å². The minimum absolute atomic E-state index is 0.502. The van der Waals surface area contributed by atoms with Gasteiger partial charge in [-0.2, -0.15) is 0 Å². The zero-order valence-electron chi connectivity index (χ0n) is 6.94. The first-order valence-electron chi connectivity index (χ1n) is 3.89. The number of allylic oxidation sites excluding steroid dienone is 1. The number of para-hydroxylation sites is 1. The minimum atomic E-state index is 0.502. The molecule has 1 aromatic heterocycles. The maximum Gasteiger partial charge on any atom is 0.113 e. The van der Waals surface area contributed by atoms with E-state index < -0.39 is 0 Å². The summed E-state index contributed by atoms with van der Waals surface area (Å²) in [5, 5.41) is 8.49. The van der Waals surface area contributed by atoms with Crippen LogP contribution in [0.2, 0.25) is 0 Å². The number of halogens is 1. The molecule has 0 atom stereocenters. The van der Waals surface area contributed by atoms with Crippen molar-refractivity contribution in [2.75, 3.05) is 0 Å². The van der Waals surface area contributed by atoms with E-state index in [0.717, 1.165) is 11.0 Å². The number of aromatic nitrogens is 3. The fourth-order valence-corrected chi connectivity index (χ4v) is 1.31. The molecule has 1 heterocycles. The lowest BCUT2D eigenvalue weighted by Crippen LogP contribution is -1.99. The van der Waals surface area contributed by atoms with Gasteiger partial charge in [0.2, 0.25) is 0 Å². The number of nitrogens with zero attached hydrogens (tertiary/aromatic N) is 3. The van der Waals surface area contributed by atoms with E-state index in [4.69, 9.17) is 11.6 Å². The van der Waals surface area contributed by atoms with Gasteiger partial charge in [0, 0.05) is 5.03 Å². The molecule has 0 aliphatic rings. The summed E-state index contributed by atoms with van der Waals surface area (Å²) >= 11 is 5.69. The second-order valence-electron chi connectivity index (χ2n) is 2.75. The third-order valence-electron chi connectivity index (χ3n) is 1.74. The van der Waals surface area contributed by atoms with E-state index in [1.807, 2.05) is 24.3 Å². The van der Waals surface area contributed by atoms with Gasteiger partial charge in [-0.15, -0.1) is 5.10 Å². The van der Waals surface area contributed by atoms with Crippen LogP contribution in [0.25, 0.3) is 11.0 Å². The van der Waals surface area contributed by atoms with Crippen LogP contribution in [0, 0.1) is 0 Å². The van der Waals surface area contributed by atoms with Crippen molar-refractivity contribution in [1.82, 2.24) is 15.0 Å². The molecule has 0 unspecified atom stereocenters. The molecule has 0 saturated carbocycles. The first-order chi connectivity index (χ1) is 6.27. The van der Waals surface area contributed by atoms with Gasteiger partial charge in [-0.05, 0) is 12.1 Å². The van der Waals surface area contributed by atoms with Crippen LogP contribution < -0.4 is 0 Å². The third-order valence-corrected chi connectivity index (χ3v) is 1.86. The van der Waals surface area contributed by atoms with Crippen molar-refractivity contribution in [3.63, 3.8) is 0 Å². The van der Waals surface area contributed by atoms with Crippen molar-refractivity contribution < 1.29 is 0 Å². The van der Waals surface area contributed by atoms with Gasteiger partial charge in [-0.3, -0.25) is 0 Å². The Kier molecular flexibility index (Phi) is 2.02. The molecule has 0 radical (unpaired) electrons. The van der Waals surface area contributed by atoms with Crippen LogP contribution in [0.15, 0.2) is 35.9 Å². The molecule has 1 aromatic carbocycles. The molecule has 0 saturated heterocycles. The highest BCUT2D eigenvalue weighted by Crippen LogP contribution is 2.11. The Morgan fingerprint density at radius 3 is 3.00 bits per heavy atom. The zero-order chi connectivity index (χ0) is 9.26. The van der Waals surface area contributed by atoms with E-state index in [1.54, 1.807) is 4.68 Å². The number of rotatable bonds is 2. The van der Waals surface area contributed by atoms with E-state index in [-0.39, 0.29) is 0 Å². The molecule has 0 amide bonds. The molecule has 0 aliphatic heterocycles. The summed E-state index contributed by atoms with van der Waals surface area (Å²) in [6.07, 6.45) is 0. The van der Waals surface area contributed by atoms with E-state index in [9.17, 15) is 0 Å². The summed E-state index contributed by atoms with van der Waals surface area (Å²) in [7, 11) is 0. The van der Waals surface area contributed by atoms with Crippen molar-refractivity contribution in [3.8, 4) is 0 Å². The SMILES string of the molecule is C=C(Cl)Cn1nnc2ccccc21. The standard InChI is InChI=1S/C9H8ClN3/c1-7(10)6-13-9-5-3-2-4-8(9)11-12-13/h2-5H,1,6H2. The fraction of sp³-hybridized carbons (Fsp3) is 0.111. The van der Waals surface area contributed by atoms with Gasteiger partial charge in [-0.25, -0.2) is 4.68 Å². The molecule has 0 N–H and O–H groups in total. The average molecular weight is 194 g/mol. The van der Waals surface area contributed by atoms with Gasteiger partial charge in [0.15, 0.2) is 0 Å². The van der Waals surface area contributed by atoms with Crippen LogP contribution in [0.5, 0.6) is 0 Å². The quantitative estimate of drug-likeness (QED) is 0.732. The molecule has 66 valence electrons. The highest BCUT2D eigenvalue weighted by Gasteiger charge is 2.02. The molecule has 0 bridgehead atoms. The maximum absolute atomic E-state index is 5.69. The van der Waals surface area contributed by atoms with Gasteiger partial charge < -0.3 is 0 Å². The number of hydrogen-bond acceptors (Lipinski definition) is 2. The smallest absolute Gasteiger partial charge is 0.113 e. The molecule has 3 nitrogen and oxygen atoms in total. The molecule has 2 aromatic rings. The highest BCUT2D eigenvalue weighted by atomic mass is 35.5. The molecule has 0 spiro atoms. The summed E-state index contributed by atoms with van der Waals surface area (Å²) in [5.74, 6) is 0. The minimum Gasteiger partial charge on any atom is -0.239 e. The Morgan fingerprint density at radius 2 is 2.23 bits per heavy atom. The third kappa shape index (κ3) is 1.55. The van der Waals surface area contributed by atoms with Crippen LogP contribution in [0.1, 0.15) is 0 Å². The summed E-state index contributed by atoms with van der Waals surface area (Å²) in [6.45, 7) is 4.12. The second kappa shape index (κ2) is 3.18. The van der Waals surface area contributed by atoms with Crippen molar-refractivity contribution in [2.24, 2.45) is 0 Å². The Hall–Kier alpha value is -1.35. The van der Waals surface area contributed by atoms with Crippen molar-refractivity contribution in [3.05, 3.63) is 35.9 Å². The van der Waals surface area contributed by atoms with E-state index >= 15 is 0 Å². The highest BCUT2D eigenvalue weighted by molar-refractivity contribution is 6.29. The summed E-state index contributed by atoms with van der Waals surface area (Å²) < 4.78 is 1.73. The predicted molar refractivity (Wildman–Crippen MR) is 52.5 cm³/mol. The van der Waals surface area contributed by atoms with Crippen molar-refractivity contribution >= 4 is 22.6 Å². The van der Waals surface area contributed by atoms with Gasteiger partial charge >= 0.3 is 0 Å². The van der Waals surface area contributed by atoms with Crippen LogP contribution >= 0.6 is 11.6 Å². The van der Waals surface area contributed by atoms with E-state index in [2.05, 4.69) is 16.9 Å². The molecule has 4 heteroatoms. The van der Waals surface area contributed by atoms with Crippen LogP contribution in [0.4, 0.5) is 0 Å². The zero-order valence-corrected chi connectivity index (χ0v) is 7.70. The fourth-order valence-electron chi connectivity index (χ4n) is 1.20. The van der Waals surface area contributed by atoms with E-state index in [1.165, 1.54) is 0 Å². The summed E-state index contributed by atoms with van der Waals surface area (Å²) in [4.78, 5) is 0. The lowest BCUT2D eigenvalue weighted by Gasteiger charge is -1.98. The average Bonchev–Trinajstić information content (AvgIpc) is 2.48.